The van der Waals surface area contributed by atoms with Crippen LogP contribution in [0.1, 0.15) is 31.2 Å². The number of hydrogen-bond acceptors (Lipinski definition) is 4. The minimum Gasteiger partial charge on any atom is -0.493 e. The second-order valence-corrected chi connectivity index (χ2v) is 5.58. The van der Waals surface area contributed by atoms with Crippen LogP contribution in [0.3, 0.4) is 0 Å². The number of hydrogen-bond donors (Lipinski definition) is 0. The highest BCUT2D eigenvalue weighted by molar-refractivity contribution is 9.10. The molecule has 108 valence electrons. The molecule has 0 amide bonds. The molecule has 0 bridgehead atoms. The molecular weight excluding hydrogens is 329 g/mol. The molecule has 0 atom stereocenters. The minimum absolute atomic E-state index is 0.0750. The van der Waals surface area contributed by atoms with Crippen molar-refractivity contribution in [2.24, 2.45) is 4.99 Å². The Kier molecular flexibility index (Phi) is 4.45. The Morgan fingerprint density at radius 1 is 1.30 bits per heavy atom. The van der Waals surface area contributed by atoms with Crippen LogP contribution in [0.4, 0.5) is 4.39 Å². The van der Waals surface area contributed by atoms with E-state index in [1.165, 1.54) is 14.2 Å². The summed E-state index contributed by atoms with van der Waals surface area (Å²) in [7, 11) is 2.78. The first-order valence-corrected chi connectivity index (χ1v) is 7.08. The monoisotopic (exact) mass is 343 g/mol. The lowest BCUT2D eigenvalue weighted by molar-refractivity contribution is 0.332. The zero-order valence-corrected chi connectivity index (χ0v) is 12.9. The second kappa shape index (κ2) is 5.94. The van der Waals surface area contributed by atoms with Gasteiger partial charge in [0.1, 0.15) is 5.54 Å². The maximum absolute atomic E-state index is 14.4. The Morgan fingerprint density at radius 3 is 2.40 bits per heavy atom. The van der Waals surface area contributed by atoms with Crippen molar-refractivity contribution < 1.29 is 18.7 Å². The summed E-state index contributed by atoms with van der Waals surface area (Å²) in [5.41, 5.74) is -0.186. The third kappa shape index (κ3) is 2.34. The average molecular weight is 344 g/mol. The van der Waals surface area contributed by atoms with Gasteiger partial charge < -0.3 is 9.47 Å². The molecule has 0 saturated heterocycles. The quantitative estimate of drug-likeness (QED) is 0.618. The number of ether oxygens (including phenoxy) is 2. The van der Waals surface area contributed by atoms with Gasteiger partial charge in [-0.1, -0.05) is 12.8 Å². The van der Waals surface area contributed by atoms with Crippen LogP contribution in [-0.4, -0.2) is 20.3 Å². The van der Waals surface area contributed by atoms with Gasteiger partial charge in [-0.25, -0.2) is 4.79 Å². The Balaban J connectivity index is 2.69. The van der Waals surface area contributed by atoms with E-state index in [0.717, 1.165) is 12.8 Å². The molecule has 0 unspecified atom stereocenters. The highest BCUT2D eigenvalue weighted by Gasteiger charge is 2.40. The van der Waals surface area contributed by atoms with E-state index in [1.807, 2.05) is 0 Å². The smallest absolute Gasteiger partial charge is 0.235 e. The molecular formula is C14H15BrFNO3. The number of isocyanates is 1. The maximum atomic E-state index is 14.4. The summed E-state index contributed by atoms with van der Waals surface area (Å²) in [6.07, 6.45) is 4.83. The van der Waals surface area contributed by atoms with Crippen LogP contribution >= 0.6 is 15.9 Å². The van der Waals surface area contributed by atoms with Crippen LogP contribution in [0.2, 0.25) is 0 Å². The van der Waals surface area contributed by atoms with Crippen molar-refractivity contribution in [2.45, 2.75) is 31.2 Å². The third-order valence-electron chi connectivity index (χ3n) is 3.73. The van der Waals surface area contributed by atoms with Gasteiger partial charge in [-0.2, -0.15) is 9.38 Å². The maximum Gasteiger partial charge on any atom is 0.235 e. The number of rotatable bonds is 4. The first-order chi connectivity index (χ1) is 9.59. The first-order valence-electron chi connectivity index (χ1n) is 6.29. The largest absolute Gasteiger partial charge is 0.493 e. The van der Waals surface area contributed by atoms with E-state index < -0.39 is 11.4 Å². The first kappa shape index (κ1) is 15.0. The fourth-order valence-electron chi connectivity index (χ4n) is 2.80. The van der Waals surface area contributed by atoms with Crippen LogP contribution in [0.15, 0.2) is 15.5 Å². The van der Waals surface area contributed by atoms with Crippen molar-refractivity contribution in [3.8, 4) is 11.5 Å². The summed E-state index contributed by atoms with van der Waals surface area (Å²) in [6, 6.07) is 1.72. The number of halogens is 2. The Bertz CT molecular complexity index is 564. The van der Waals surface area contributed by atoms with E-state index in [1.54, 1.807) is 12.1 Å². The highest BCUT2D eigenvalue weighted by atomic mass is 79.9. The fourth-order valence-corrected chi connectivity index (χ4v) is 3.37. The summed E-state index contributed by atoms with van der Waals surface area (Å²) < 4.78 is 25.1. The lowest BCUT2D eigenvalue weighted by Gasteiger charge is -2.26. The molecule has 1 aromatic rings. The molecule has 0 heterocycles. The molecule has 1 aliphatic carbocycles. The van der Waals surface area contributed by atoms with E-state index in [4.69, 9.17) is 9.47 Å². The molecule has 1 saturated carbocycles. The molecule has 20 heavy (non-hydrogen) atoms. The lowest BCUT2D eigenvalue weighted by Crippen LogP contribution is -2.21. The Hall–Kier alpha value is -1.39. The SMILES string of the molecule is COc1c(Br)cc(C2(N=C=O)CCCC2)c(OC)c1F. The van der Waals surface area contributed by atoms with E-state index in [0.29, 0.717) is 22.9 Å². The highest BCUT2D eigenvalue weighted by Crippen LogP contribution is 2.49. The van der Waals surface area contributed by atoms with Crippen LogP contribution in [0.5, 0.6) is 11.5 Å². The van der Waals surface area contributed by atoms with Gasteiger partial charge in [0.2, 0.25) is 11.9 Å². The van der Waals surface area contributed by atoms with Crippen LogP contribution in [-0.2, 0) is 10.3 Å². The van der Waals surface area contributed by atoms with Crippen molar-refractivity contribution in [2.75, 3.05) is 14.2 Å². The normalized spacial score (nSPS) is 16.6. The van der Waals surface area contributed by atoms with E-state index in [2.05, 4.69) is 20.9 Å². The van der Waals surface area contributed by atoms with Gasteiger partial charge in [-0.3, -0.25) is 0 Å². The van der Waals surface area contributed by atoms with Crippen molar-refractivity contribution in [1.82, 2.24) is 0 Å². The molecule has 6 heteroatoms. The zero-order valence-electron chi connectivity index (χ0n) is 11.3. The van der Waals surface area contributed by atoms with Crippen LogP contribution in [0, 0.1) is 5.82 Å². The Morgan fingerprint density at radius 2 is 1.90 bits per heavy atom. The lowest BCUT2D eigenvalue weighted by atomic mass is 9.88. The van der Waals surface area contributed by atoms with Crippen molar-refractivity contribution >= 4 is 22.0 Å². The van der Waals surface area contributed by atoms with Gasteiger partial charge in [-0.05, 0) is 34.8 Å². The van der Waals surface area contributed by atoms with Gasteiger partial charge in [0.25, 0.3) is 0 Å². The summed E-state index contributed by atoms with van der Waals surface area (Å²) in [5.74, 6) is -0.438. The minimum atomic E-state index is -0.747. The summed E-state index contributed by atoms with van der Waals surface area (Å²) in [5, 5.41) is 0. The number of nitrogens with zero attached hydrogens (tertiary/aromatic N) is 1. The summed E-state index contributed by atoms with van der Waals surface area (Å²) in [4.78, 5) is 14.7. The molecule has 4 nitrogen and oxygen atoms in total. The van der Waals surface area contributed by atoms with Crippen molar-refractivity contribution in [1.29, 1.82) is 0 Å². The number of carbonyl (C=O) groups excluding carboxylic acids is 1. The summed E-state index contributed by atoms with van der Waals surface area (Å²) in [6.45, 7) is 0. The van der Waals surface area contributed by atoms with Gasteiger partial charge in [0.15, 0.2) is 11.5 Å². The summed E-state index contributed by atoms with van der Waals surface area (Å²) >= 11 is 3.28. The van der Waals surface area contributed by atoms with Crippen molar-refractivity contribution in [3.05, 3.63) is 21.9 Å². The topological polar surface area (TPSA) is 47.9 Å². The molecule has 1 aromatic carbocycles. The molecule has 2 rings (SSSR count). The average Bonchev–Trinajstić information content (AvgIpc) is 2.89. The van der Waals surface area contributed by atoms with Crippen LogP contribution in [0.25, 0.3) is 0 Å². The second-order valence-electron chi connectivity index (χ2n) is 4.73. The number of aliphatic imine (C=N–C) groups is 1. The fraction of sp³-hybridized carbons (Fsp3) is 0.500. The molecule has 0 radical (unpaired) electrons. The van der Waals surface area contributed by atoms with Crippen LogP contribution < -0.4 is 9.47 Å². The Labute approximate surface area is 125 Å². The molecule has 0 aromatic heterocycles. The van der Waals surface area contributed by atoms with Gasteiger partial charge in [-0.15, -0.1) is 0 Å². The predicted octanol–water partition coefficient (Wildman–Crippen LogP) is 3.71. The standard InChI is InChI=1S/C14H15BrFNO3/c1-19-12-9(7-10(15)13(20-2)11(12)16)14(17-8-18)5-3-4-6-14/h7H,3-6H2,1-2H3. The van der Waals surface area contributed by atoms with E-state index in [-0.39, 0.29) is 11.5 Å². The van der Waals surface area contributed by atoms with Gasteiger partial charge >= 0.3 is 0 Å². The van der Waals surface area contributed by atoms with Gasteiger partial charge in [0.05, 0.1) is 18.7 Å². The number of benzene rings is 1. The predicted molar refractivity (Wildman–Crippen MR) is 75.5 cm³/mol. The molecule has 1 fully saturated rings. The number of methoxy groups -OCH3 is 2. The van der Waals surface area contributed by atoms with E-state index in [9.17, 15) is 9.18 Å². The molecule has 0 spiro atoms. The van der Waals surface area contributed by atoms with Gasteiger partial charge in [0, 0.05) is 5.56 Å². The molecule has 0 N–H and O–H groups in total. The van der Waals surface area contributed by atoms with Crippen molar-refractivity contribution in [3.63, 3.8) is 0 Å². The third-order valence-corrected chi connectivity index (χ3v) is 4.32. The molecule has 1 aliphatic rings. The zero-order chi connectivity index (χ0) is 14.8. The molecule has 0 aliphatic heterocycles. The van der Waals surface area contributed by atoms with E-state index >= 15 is 0 Å².